The van der Waals surface area contributed by atoms with E-state index in [2.05, 4.69) is 10.2 Å². The molecule has 0 amide bonds. The van der Waals surface area contributed by atoms with E-state index in [1.54, 1.807) is 44.6 Å². The molecular formula is C25H23FN2O4. The fraction of sp³-hybridized carbons (Fsp3) is 0.160. The van der Waals surface area contributed by atoms with Gasteiger partial charge in [-0.25, -0.2) is 4.39 Å². The Balaban J connectivity index is 1.65. The SMILES string of the molecule is COc1ccc(-c2c(-c3ccc(OCc4ccccc4F)cc3O)n[nH]c2C)cc1OC. The van der Waals surface area contributed by atoms with Crippen LogP contribution in [0.1, 0.15) is 11.3 Å². The second-order valence-corrected chi connectivity index (χ2v) is 7.20. The van der Waals surface area contributed by atoms with Crippen LogP contribution in [-0.4, -0.2) is 29.5 Å². The number of methoxy groups -OCH3 is 2. The van der Waals surface area contributed by atoms with Crippen molar-refractivity contribution in [2.75, 3.05) is 14.2 Å². The topological polar surface area (TPSA) is 76.6 Å². The van der Waals surface area contributed by atoms with Crippen molar-refractivity contribution in [1.82, 2.24) is 10.2 Å². The summed E-state index contributed by atoms with van der Waals surface area (Å²) < 4.78 is 30.2. The van der Waals surface area contributed by atoms with Crippen LogP contribution in [-0.2, 0) is 6.61 Å². The quantitative estimate of drug-likeness (QED) is 0.402. The van der Waals surface area contributed by atoms with Gasteiger partial charge in [0, 0.05) is 28.5 Å². The van der Waals surface area contributed by atoms with Gasteiger partial charge < -0.3 is 19.3 Å². The highest BCUT2D eigenvalue weighted by Crippen LogP contribution is 2.41. The molecule has 0 spiro atoms. The Labute approximate surface area is 185 Å². The lowest BCUT2D eigenvalue weighted by atomic mass is 9.98. The Morgan fingerprint density at radius 2 is 1.75 bits per heavy atom. The highest BCUT2D eigenvalue weighted by atomic mass is 19.1. The van der Waals surface area contributed by atoms with Gasteiger partial charge >= 0.3 is 0 Å². The standard InChI is InChI=1S/C25H23FN2O4/c1-15-24(16-8-11-22(30-2)23(12-16)31-3)25(28-27-15)19-10-9-18(13-21(19)29)32-14-17-6-4-5-7-20(17)26/h4-13,29H,14H2,1-3H3,(H,27,28). The molecule has 1 aromatic heterocycles. The van der Waals surface area contributed by atoms with Crippen LogP contribution >= 0.6 is 0 Å². The van der Waals surface area contributed by atoms with Gasteiger partial charge in [0.2, 0.25) is 0 Å². The fourth-order valence-electron chi connectivity index (χ4n) is 3.55. The summed E-state index contributed by atoms with van der Waals surface area (Å²) in [5, 5.41) is 18.1. The van der Waals surface area contributed by atoms with Crippen LogP contribution < -0.4 is 14.2 Å². The molecule has 0 unspecified atom stereocenters. The number of H-pyrrole nitrogens is 1. The van der Waals surface area contributed by atoms with Crippen molar-refractivity contribution in [3.8, 4) is 45.4 Å². The lowest BCUT2D eigenvalue weighted by Gasteiger charge is -2.12. The van der Waals surface area contributed by atoms with Gasteiger partial charge in [-0.1, -0.05) is 24.3 Å². The normalized spacial score (nSPS) is 10.8. The Hall–Kier alpha value is -4.00. The Morgan fingerprint density at radius 1 is 0.969 bits per heavy atom. The minimum atomic E-state index is -0.333. The molecule has 0 bridgehead atoms. The number of nitrogens with one attached hydrogen (secondary N) is 1. The molecule has 0 aliphatic rings. The number of aryl methyl sites for hydroxylation is 1. The molecule has 32 heavy (non-hydrogen) atoms. The molecule has 2 N–H and O–H groups in total. The van der Waals surface area contributed by atoms with E-state index >= 15 is 0 Å². The summed E-state index contributed by atoms with van der Waals surface area (Å²) in [5.41, 5.74) is 4.11. The van der Waals surface area contributed by atoms with Crippen LogP contribution in [0.5, 0.6) is 23.0 Å². The van der Waals surface area contributed by atoms with Crippen molar-refractivity contribution >= 4 is 0 Å². The molecule has 4 aromatic rings. The third-order valence-corrected chi connectivity index (χ3v) is 5.20. The molecule has 1 heterocycles. The van der Waals surface area contributed by atoms with E-state index < -0.39 is 0 Å². The number of hydrogen-bond acceptors (Lipinski definition) is 5. The number of phenols is 1. The van der Waals surface area contributed by atoms with E-state index in [9.17, 15) is 9.50 Å². The summed E-state index contributed by atoms with van der Waals surface area (Å²) in [6.07, 6.45) is 0. The van der Waals surface area contributed by atoms with Crippen LogP contribution in [0.2, 0.25) is 0 Å². The van der Waals surface area contributed by atoms with Gasteiger partial charge in [0.25, 0.3) is 0 Å². The third kappa shape index (κ3) is 4.09. The molecule has 0 atom stereocenters. The van der Waals surface area contributed by atoms with Gasteiger partial charge in [0.15, 0.2) is 11.5 Å². The Bertz CT molecular complexity index is 1250. The zero-order chi connectivity index (χ0) is 22.7. The van der Waals surface area contributed by atoms with Gasteiger partial charge in [-0.15, -0.1) is 0 Å². The second kappa shape index (κ2) is 9.01. The minimum absolute atomic E-state index is 0.00394. The van der Waals surface area contributed by atoms with Crippen LogP contribution in [0, 0.1) is 12.7 Å². The van der Waals surface area contributed by atoms with Gasteiger partial charge in [0.05, 0.1) is 14.2 Å². The maximum absolute atomic E-state index is 13.8. The van der Waals surface area contributed by atoms with E-state index in [1.165, 1.54) is 12.1 Å². The number of hydrogen-bond donors (Lipinski definition) is 2. The lowest BCUT2D eigenvalue weighted by Crippen LogP contribution is -1.98. The first kappa shape index (κ1) is 21.2. The van der Waals surface area contributed by atoms with Gasteiger partial charge in [0.1, 0.15) is 29.6 Å². The molecule has 6 nitrogen and oxygen atoms in total. The average Bonchev–Trinajstić information content (AvgIpc) is 3.19. The molecule has 164 valence electrons. The highest BCUT2D eigenvalue weighted by Gasteiger charge is 2.19. The molecule has 0 fully saturated rings. The van der Waals surface area contributed by atoms with Gasteiger partial charge in [-0.3, -0.25) is 5.10 Å². The van der Waals surface area contributed by atoms with Crippen LogP contribution in [0.15, 0.2) is 60.7 Å². The maximum atomic E-state index is 13.8. The molecule has 7 heteroatoms. The number of aromatic hydroxyl groups is 1. The molecule has 0 aliphatic carbocycles. The smallest absolute Gasteiger partial charge is 0.161 e. The van der Waals surface area contributed by atoms with E-state index in [-0.39, 0.29) is 18.2 Å². The average molecular weight is 434 g/mol. The van der Waals surface area contributed by atoms with Crippen LogP contribution in [0.3, 0.4) is 0 Å². The molecule has 3 aromatic carbocycles. The summed E-state index contributed by atoms with van der Waals surface area (Å²) in [7, 11) is 3.16. The third-order valence-electron chi connectivity index (χ3n) is 5.20. The van der Waals surface area contributed by atoms with E-state index in [0.717, 1.165) is 16.8 Å². The van der Waals surface area contributed by atoms with Crippen LogP contribution in [0.4, 0.5) is 4.39 Å². The molecule has 0 saturated carbocycles. The van der Waals surface area contributed by atoms with Gasteiger partial charge in [-0.2, -0.15) is 5.10 Å². The lowest BCUT2D eigenvalue weighted by molar-refractivity contribution is 0.298. The molecular weight excluding hydrogens is 411 g/mol. The van der Waals surface area contributed by atoms with Gasteiger partial charge in [-0.05, 0) is 42.8 Å². The Morgan fingerprint density at radius 3 is 2.47 bits per heavy atom. The van der Waals surface area contributed by atoms with E-state index in [1.807, 2.05) is 25.1 Å². The monoisotopic (exact) mass is 434 g/mol. The number of aromatic nitrogens is 2. The van der Waals surface area contributed by atoms with Crippen molar-refractivity contribution in [2.24, 2.45) is 0 Å². The maximum Gasteiger partial charge on any atom is 0.161 e. The first-order valence-electron chi connectivity index (χ1n) is 9.98. The number of benzene rings is 3. The first-order chi connectivity index (χ1) is 15.5. The molecule has 0 aliphatic heterocycles. The number of rotatable bonds is 7. The molecule has 0 radical (unpaired) electrons. The predicted molar refractivity (Wildman–Crippen MR) is 120 cm³/mol. The van der Waals surface area contributed by atoms with Crippen molar-refractivity contribution in [1.29, 1.82) is 0 Å². The van der Waals surface area contributed by atoms with Crippen molar-refractivity contribution in [3.05, 3.63) is 77.7 Å². The van der Waals surface area contributed by atoms with E-state index in [4.69, 9.17) is 14.2 Å². The van der Waals surface area contributed by atoms with Crippen molar-refractivity contribution in [3.63, 3.8) is 0 Å². The Kier molecular flexibility index (Phi) is 5.98. The second-order valence-electron chi connectivity index (χ2n) is 7.20. The summed E-state index contributed by atoms with van der Waals surface area (Å²) in [5.74, 6) is 1.31. The van der Waals surface area contributed by atoms with E-state index in [0.29, 0.717) is 34.1 Å². The predicted octanol–water partition coefficient (Wildman–Crippen LogP) is 5.49. The number of nitrogens with zero attached hydrogens (tertiary/aromatic N) is 1. The summed E-state index contributed by atoms with van der Waals surface area (Å²) in [6, 6.07) is 17.0. The fourth-order valence-corrected chi connectivity index (χ4v) is 3.55. The zero-order valence-corrected chi connectivity index (χ0v) is 18.0. The van der Waals surface area contributed by atoms with Crippen molar-refractivity contribution < 1.29 is 23.7 Å². The van der Waals surface area contributed by atoms with Crippen molar-refractivity contribution in [2.45, 2.75) is 13.5 Å². The first-order valence-corrected chi connectivity index (χ1v) is 9.98. The molecule has 0 saturated heterocycles. The van der Waals surface area contributed by atoms with Crippen LogP contribution in [0.25, 0.3) is 22.4 Å². The molecule has 4 rings (SSSR count). The number of ether oxygens (including phenoxy) is 3. The summed E-state index contributed by atoms with van der Waals surface area (Å²) in [4.78, 5) is 0. The zero-order valence-electron chi connectivity index (χ0n) is 18.0. The number of aromatic amines is 1. The summed E-state index contributed by atoms with van der Waals surface area (Å²) >= 11 is 0. The highest BCUT2D eigenvalue weighted by molar-refractivity contribution is 5.86. The summed E-state index contributed by atoms with van der Waals surface area (Å²) in [6.45, 7) is 1.97. The largest absolute Gasteiger partial charge is 0.507 e. The minimum Gasteiger partial charge on any atom is -0.507 e. The number of phenolic OH excluding ortho intramolecular Hbond substituents is 1. The number of halogens is 1.